The fraction of sp³-hybridized carbons (Fsp3) is 0. The summed E-state index contributed by atoms with van der Waals surface area (Å²) in [6, 6.07) is 12.2. The van der Waals surface area contributed by atoms with E-state index in [1.165, 1.54) is 0 Å². The number of pyridine rings is 1. The van der Waals surface area contributed by atoms with E-state index in [4.69, 9.17) is 9.94 Å². The van der Waals surface area contributed by atoms with Crippen LogP contribution in [-0.4, -0.2) is 11.3 Å². The smallest absolute Gasteiger partial charge is 0.223 e. The second-order valence-electron chi connectivity index (χ2n) is 11.6. The standard InChI is InChI=1S/C24BF20.C11H9NO2/c26-5-1(6(27)14(35)21(42)13(5)34)25(2-7(28)15(36)22(43)16(37)8(2)29,3-9(30)17(38)23(44)18(39)10(3)31)4-11(32)19(40)24(45)20(41)12(4)33;13-10-4-6-11(7-5-10)14-12-8-2-1-3-9-12/h;1-9H/q-1;/p+1. The molecule has 0 unspecified atom stereocenters. The normalized spacial score (nSPS) is 11.5. The largest absolute Gasteiger partial charge is 0.508 e. The van der Waals surface area contributed by atoms with Crippen LogP contribution in [0.4, 0.5) is 87.8 Å². The number of aromatic hydroxyl groups is 1. The lowest BCUT2D eigenvalue weighted by atomic mass is 9.12. The Morgan fingerprint density at radius 1 is 0.322 bits per heavy atom. The monoisotopic (exact) mass is 867 g/mol. The Bertz CT molecular complexity index is 2260. The first-order valence-electron chi connectivity index (χ1n) is 15.2. The lowest BCUT2D eigenvalue weighted by Gasteiger charge is -2.44. The number of phenols is 1. The molecule has 24 heteroatoms. The van der Waals surface area contributed by atoms with E-state index in [-0.39, 0.29) is 5.75 Å². The van der Waals surface area contributed by atoms with Gasteiger partial charge in [-0.05, 0) is 24.3 Å². The van der Waals surface area contributed by atoms with E-state index < -0.39 is 144 Å². The molecule has 0 atom stereocenters. The summed E-state index contributed by atoms with van der Waals surface area (Å²) in [5.74, 6) is -70.5. The van der Waals surface area contributed by atoms with Crippen LogP contribution in [0.25, 0.3) is 0 Å². The Kier molecular flexibility index (Phi) is 11.9. The first kappa shape index (κ1) is 43.6. The molecule has 0 aliphatic carbocycles. The van der Waals surface area contributed by atoms with Crippen LogP contribution in [-0.2, 0) is 0 Å². The highest BCUT2D eigenvalue weighted by molar-refractivity contribution is 7.20. The van der Waals surface area contributed by atoms with Crippen molar-refractivity contribution in [2.24, 2.45) is 0 Å². The van der Waals surface area contributed by atoms with E-state index in [9.17, 15) is 52.7 Å². The summed E-state index contributed by atoms with van der Waals surface area (Å²) in [4.78, 5) is 5.44. The molecule has 0 saturated heterocycles. The molecular formula is C35H10BF20NO2. The lowest BCUT2D eigenvalue weighted by molar-refractivity contribution is -0.875. The van der Waals surface area contributed by atoms with Gasteiger partial charge in [0.1, 0.15) is 58.4 Å². The zero-order valence-electron chi connectivity index (χ0n) is 27.6. The van der Waals surface area contributed by atoms with Crippen molar-refractivity contribution in [2.45, 2.75) is 0 Å². The van der Waals surface area contributed by atoms with Crippen molar-refractivity contribution < 1.29 is 102 Å². The quantitative estimate of drug-likeness (QED) is 0.0625. The number of aromatic nitrogens is 1. The highest BCUT2D eigenvalue weighted by atomic mass is 19.2. The SMILES string of the molecule is Fc1c(F)c(F)c([B-](c2c(F)c(F)c(F)c(F)c2F)(c2c(F)c(F)c(F)c(F)c2F)c2c(F)c(F)c(F)c(F)c2F)c(F)c1F.Oc1ccc(O[n+]2ccccc2)cc1. The molecule has 310 valence electrons. The van der Waals surface area contributed by atoms with Crippen molar-refractivity contribution in [1.82, 2.24) is 0 Å². The number of phenolic OH excluding ortho intramolecular Hbond substituents is 1. The van der Waals surface area contributed by atoms with Crippen molar-refractivity contribution in [3.8, 4) is 11.5 Å². The number of hydrogen-bond donors (Lipinski definition) is 1. The van der Waals surface area contributed by atoms with Crippen LogP contribution >= 0.6 is 0 Å². The number of benzene rings is 5. The minimum absolute atomic E-state index is 0.232. The van der Waals surface area contributed by atoms with Crippen LogP contribution in [0.15, 0.2) is 54.9 Å². The predicted octanol–water partition coefficient (Wildman–Crippen LogP) is 7.37. The summed E-state index contributed by atoms with van der Waals surface area (Å²) in [6.45, 7) is 0. The van der Waals surface area contributed by atoms with E-state index in [0.717, 1.165) is 0 Å². The maximum absolute atomic E-state index is 15.4. The second kappa shape index (κ2) is 16.0. The molecule has 3 nitrogen and oxygen atoms in total. The van der Waals surface area contributed by atoms with Gasteiger partial charge in [0.2, 0.25) is 18.1 Å². The van der Waals surface area contributed by atoms with E-state index in [1.807, 2.05) is 18.2 Å². The van der Waals surface area contributed by atoms with E-state index in [0.29, 0.717) is 5.75 Å². The number of nitrogens with zero attached hydrogens (tertiary/aromatic N) is 1. The Balaban J connectivity index is 0.000000395. The molecule has 1 N–H and O–H groups in total. The van der Waals surface area contributed by atoms with Gasteiger partial charge in [-0.15, -0.1) is 21.9 Å². The van der Waals surface area contributed by atoms with Crippen molar-refractivity contribution in [3.05, 3.63) is 171 Å². The molecule has 0 radical (unpaired) electrons. The van der Waals surface area contributed by atoms with E-state index in [2.05, 4.69) is 0 Å². The third-order valence-electron chi connectivity index (χ3n) is 8.44. The third-order valence-corrected chi connectivity index (χ3v) is 8.44. The van der Waals surface area contributed by atoms with Crippen LogP contribution in [0.5, 0.6) is 11.5 Å². The van der Waals surface area contributed by atoms with Crippen molar-refractivity contribution in [3.63, 3.8) is 0 Å². The molecule has 0 fully saturated rings. The van der Waals surface area contributed by atoms with Crippen LogP contribution in [0.1, 0.15) is 0 Å². The van der Waals surface area contributed by atoms with Crippen LogP contribution in [0, 0.1) is 116 Å². The zero-order chi connectivity index (χ0) is 44.2. The van der Waals surface area contributed by atoms with Gasteiger partial charge in [-0.25, -0.2) is 92.6 Å². The first-order valence-corrected chi connectivity index (χ1v) is 15.2. The van der Waals surface area contributed by atoms with E-state index in [1.54, 1.807) is 41.4 Å². The van der Waals surface area contributed by atoms with Crippen LogP contribution < -0.4 is 31.4 Å². The highest BCUT2D eigenvalue weighted by Gasteiger charge is 2.52. The van der Waals surface area contributed by atoms with Gasteiger partial charge in [-0.3, -0.25) is 0 Å². The predicted molar refractivity (Wildman–Crippen MR) is 160 cm³/mol. The summed E-state index contributed by atoms with van der Waals surface area (Å²) in [6.07, 6.45) is -3.62. The summed E-state index contributed by atoms with van der Waals surface area (Å²) in [5.41, 5.74) is -14.3. The molecule has 0 bridgehead atoms. The summed E-state index contributed by atoms with van der Waals surface area (Å²) in [7, 11) is 0. The molecule has 0 aliphatic rings. The van der Waals surface area contributed by atoms with Crippen molar-refractivity contribution in [2.75, 3.05) is 0 Å². The van der Waals surface area contributed by atoms with Crippen molar-refractivity contribution in [1.29, 1.82) is 0 Å². The highest BCUT2D eigenvalue weighted by Crippen LogP contribution is 2.30. The molecule has 5 aromatic carbocycles. The van der Waals surface area contributed by atoms with Gasteiger partial charge < -0.3 is 5.11 Å². The zero-order valence-corrected chi connectivity index (χ0v) is 27.6. The average molecular weight is 867 g/mol. The molecule has 1 heterocycles. The van der Waals surface area contributed by atoms with Gasteiger partial charge in [0, 0.05) is 16.9 Å². The van der Waals surface area contributed by atoms with Gasteiger partial charge in [0.15, 0.2) is 69.8 Å². The number of hydrogen-bond acceptors (Lipinski definition) is 2. The molecule has 6 aromatic rings. The first-order chi connectivity index (χ1) is 27.5. The molecule has 0 spiro atoms. The van der Waals surface area contributed by atoms with Crippen LogP contribution in [0.2, 0.25) is 0 Å². The summed E-state index contributed by atoms with van der Waals surface area (Å²) < 4.78 is 296. The van der Waals surface area contributed by atoms with Gasteiger partial charge in [0.25, 0.3) is 0 Å². The van der Waals surface area contributed by atoms with Gasteiger partial charge >= 0.3 is 0 Å². The molecular weight excluding hydrogens is 857 g/mol. The molecule has 0 saturated carbocycles. The minimum Gasteiger partial charge on any atom is -0.508 e. The molecule has 1 aromatic heterocycles. The summed E-state index contributed by atoms with van der Waals surface area (Å²) >= 11 is 0. The fourth-order valence-electron chi connectivity index (χ4n) is 5.95. The Morgan fingerprint density at radius 3 is 0.780 bits per heavy atom. The fourth-order valence-corrected chi connectivity index (χ4v) is 5.95. The number of rotatable bonds is 6. The maximum atomic E-state index is 15.4. The topological polar surface area (TPSA) is 33.3 Å². The molecule has 0 amide bonds. The second-order valence-corrected chi connectivity index (χ2v) is 11.6. The number of halogens is 20. The lowest BCUT2D eigenvalue weighted by Crippen LogP contribution is -2.81. The third kappa shape index (κ3) is 6.88. The average Bonchev–Trinajstić information content (AvgIpc) is 3.22. The summed E-state index contributed by atoms with van der Waals surface area (Å²) in [5, 5.41) is 9.06. The van der Waals surface area contributed by atoms with Crippen LogP contribution in [0.3, 0.4) is 0 Å². The van der Waals surface area contributed by atoms with Gasteiger partial charge in [-0.1, -0.05) is 6.07 Å². The Hall–Kier alpha value is -6.49. The minimum atomic E-state index is -7.22. The molecule has 59 heavy (non-hydrogen) atoms. The Labute approximate surface area is 313 Å². The molecule has 0 aliphatic heterocycles. The maximum Gasteiger partial charge on any atom is 0.223 e. The van der Waals surface area contributed by atoms with Gasteiger partial charge in [0.05, 0.1) is 0 Å². The Morgan fingerprint density at radius 2 is 0.542 bits per heavy atom. The van der Waals surface area contributed by atoms with Gasteiger partial charge in [-0.2, -0.15) is 0 Å². The van der Waals surface area contributed by atoms with E-state index >= 15 is 35.1 Å². The molecule has 6 rings (SSSR count). The van der Waals surface area contributed by atoms with Crippen molar-refractivity contribution >= 4 is 28.0 Å².